The van der Waals surface area contributed by atoms with E-state index in [0.717, 1.165) is 34.1 Å². The number of aromatic nitrogens is 4. The number of aryl methyl sites for hydroxylation is 2. The maximum atomic E-state index is 14.4. The van der Waals surface area contributed by atoms with E-state index >= 15 is 0 Å². The van der Waals surface area contributed by atoms with E-state index in [1.54, 1.807) is 30.3 Å². The van der Waals surface area contributed by atoms with Gasteiger partial charge in [-0.1, -0.05) is 85.9 Å². The fraction of sp³-hybridized carbons (Fsp3) is 0.303. The summed E-state index contributed by atoms with van der Waals surface area (Å²) in [7, 11) is -1.49. The molecule has 0 radical (unpaired) electrons. The van der Waals surface area contributed by atoms with Crippen molar-refractivity contribution >= 4 is 45.4 Å². The third kappa shape index (κ3) is 7.30. The normalized spacial score (nSPS) is 12.9. The number of fused-ring (bicyclic) bond motifs is 1. The molecule has 236 valence electrons. The third-order valence-electron chi connectivity index (χ3n) is 7.79. The van der Waals surface area contributed by atoms with Gasteiger partial charge in [-0.2, -0.15) is 0 Å². The molecule has 0 aliphatic rings. The summed E-state index contributed by atoms with van der Waals surface area (Å²) >= 11 is 12.4. The fourth-order valence-corrected chi connectivity index (χ4v) is 6.75. The number of nitrogens with zero attached hydrogens (tertiary/aromatic N) is 3. The van der Waals surface area contributed by atoms with Crippen LogP contribution in [0, 0.1) is 12.7 Å². The van der Waals surface area contributed by atoms with Crippen molar-refractivity contribution in [2.45, 2.75) is 63.9 Å². The number of halogens is 3. The van der Waals surface area contributed by atoms with Gasteiger partial charge < -0.3 is 4.98 Å². The minimum atomic E-state index is -1.49. The summed E-state index contributed by atoms with van der Waals surface area (Å²) in [5, 5.41) is 0.880. The Balaban J connectivity index is 1.33. The van der Waals surface area contributed by atoms with Crippen LogP contribution >= 0.6 is 23.2 Å². The Morgan fingerprint density at radius 1 is 1.04 bits per heavy atom. The van der Waals surface area contributed by atoms with E-state index in [-0.39, 0.29) is 23.5 Å². The van der Waals surface area contributed by atoms with Crippen molar-refractivity contribution in [3.8, 4) is 0 Å². The van der Waals surface area contributed by atoms with Gasteiger partial charge in [0.1, 0.15) is 28.1 Å². The SMILES string of the molecule is CCCCn1c(=O)n(Cc2ccccc2F)c(=O)c2[nH]c(Cc3ccc([C@@H](C)CNS(=O)c4cc(C)c(Cl)cc4Cl)cc3)nc21. The van der Waals surface area contributed by atoms with E-state index in [9.17, 15) is 18.2 Å². The zero-order valence-electron chi connectivity index (χ0n) is 25.2. The van der Waals surface area contributed by atoms with Gasteiger partial charge >= 0.3 is 5.69 Å². The molecular formula is C33H34Cl2FN5O3S. The molecule has 0 fully saturated rings. The zero-order chi connectivity index (χ0) is 32.2. The van der Waals surface area contributed by atoms with Gasteiger partial charge in [0.05, 0.1) is 16.5 Å². The van der Waals surface area contributed by atoms with Crippen LogP contribution in [-0.4, -0.2) is 29.9 Å². The van der Waals surface area contributed by atoms with Gasteiger partial charge in [-0.15, -0.1) is 0 Å². The molecule has 0 amide bonds. The van der Waals surface area contributed by atoms with Gasteiger partial charge in [-0.25, -0.2) is 23.1 Å². The second-order valence-corrected chi connectivity index (χ2v) is 13.2. The van der Waals surface area contributed by atoms with E-state index in [1.807, 2.05) is 45.0 Å². The average molecular weight is 671 g/mol. The maximum Gasteiger partial charge on any atom is 0.333 e. The highest BCUT2D eigenvalue weighted by atomic mass is 35.5. The molecular weight excluding hydrogens is 636 g/mol. The largest absolute Gasteiger partial charge is 0.336 e. The van der Waals surface area contributed by atoms with Crippen LogP contribution in [-0.2, 0) is 30.5 Å². The minimum absolute atomic E-state index is 0.0577. The molecule has 2 atom stereocenters. The molecule has 1 unspecified atom stereocenters. The number of H-pyrrole nitrogens is 1. The highest BCUT2D eigenvalue weighted by Gasteiger charge is 2.19. The Kier molecular flexibility index (Phi) is 10.4. The molecule has 45 heavy (non-hydrogen) atoms. The first-order chi connectivity index (χ1) is 21.6. The molecule has 0 saturated heterocycles. The second kappa shape index (κ2) is 14.2. The topological polar surface area (TPSA) is 102 Å². The molecule has 2 heterocycles. The molecule has 0 spiro atoms. The Hall–Kier alpha value is -3.57. The van der Waals surface area contributed by atoms with Gasteiger partial charge in [0.25, 0.3) is 5.56 Å². The van der Waals surface area contributed by atoms with Gasteiger partial charge in [0.15, 0.2) is 5.65 Å². The van der Waals surface area contributed by atoms with Crippen LogP contribution in [0.5, 0.6) is 0 Å². The Morgan fingerprint density at radius 2 is 1.78 bits per heavy atom. The molecule has 2 N–H and O–H groups in total. The molecule has 5 rings (SSSR count). The molecule has 0 aliphatic heterocycles. The second-order valence-electron chi connectivity index (χ2n) is 11.1. The fourth-order valence-electron chi connectivity index (χ4n) is 5.08. The number of hydrogen-bond acceptors (Lipinski definition) is 4. The Bertz CT molecular complexity index is 1990. The summed E-state index contributed by atoms with van der Waals surface area (Å²) < 4.78 is 32.9. The maximum absolute atomic E-state index is 14.4. The number of rotatable bonds is 12. The highest BCUT2D eigenvalue weighted by molar-refractivity contribution is 7.83. The molecule has 12 heteroatoms. The van der Waals surface area contributed by atoms with Crippen molar-refractivity contribution in [3.63, 3.8) is 0 Å². The number of benzene rings is 3. The van der Waals surface area contributed by atoms with Crippen molar-refractivity contribution in [1.82, 2.24) is 23.8 Å². The van der Waals surface area contributed by atoms with Crippen molar-refractivity contribution in [3.05, 3.63) is 125 Å². The van der Waals surface area contributed by atoms with Crippen LogP contribution < -0.4 is 16.0 Å². The van der Waals surface area contributed by atoms with Crippen LogP contribution in [0.1, 0.15) is 60.7 Å². The summed E-state index contributed by atoms with van der Waals surface area (Å²) in [5.41, 5.74) is 2.55. The lowest BCUT2D eigenvalue weighted by Crippen LogP contribution is -2.40. The number of imidazole rings is 1. The number of nitrogens with one attached hydrogen (secondary N) is 2. The molecule has 0 saturated carbocycles. The van der Waals surface area contributed by atoms with Gasteiger partial charge in [-0.05, 0) is 54.2 Å². The number of hydrogen-bond donors (Lipinski definition) is 2. The highest BCUT2D eigenvalue weighted by Crippen LogP contribution is 2.27. The van der Waals surface area contributed by atoms with Crippen LogP contribution in [0.15, 0.2) is 75.1 Å². The standard InChI is InChI=1S/C33H34Cl2FN5O3S/c1-4-5-14-40-31-30(32(42)41(33(40)43)19-24-8-6-7-9-27(24)36)38-29(39-31)16-22-10-12-23(13-11-22)21(3)18-37-45(44)28-15-20(2)25(34)17-26(28)35/h6-13,15,17,21,37H,4-5,14,16,18-19H2,1-3H3,(H,38,39)/t21-,45?/m0/s1. The third-order valence-corrected chi connectivity index (χ3v) is 9.78. The molecule has 8 nitrogen and oxygen atoms in total. The van der Waals surface area contributed by atoms with Crippen LogP contribution in [0.25, 0.3) is 11.2 Å². The first-order valence-corrected chi connectivity index (χ1v) is 16.6. The number of aromatic amines is 1. The molecule has 2 aromatic heterocycles. The lowest BCUT2D eigenvalue weighted by Gasteiger charge is -2.14. The van der Waals surface area contributed by atoms with Crippen LogP contribution in [0.3, 0.4) is 0 Å². The minimum Gasteiger partial charge on any atom is -0.336 e. The van der Waals surface area contributed by atoms with Crippen molar-refractivity contribution < 1.29 is 8.60 Å². The van der Waals surface area contributed by atoms with Crippen molar-refractivity contribution in [2.75, 3.05) is 6.54 Å². The van der Waals surface area contributed by atoms with E-state index in [0.29, 0.717) is 45.9 Å². The summed E-state index contributed by atoms with van der Waals surface area (Å²) in [6.45, 7) is 6.57. The number of unbranched alkanes of at least 4 members (excludes halogenated alkanes) is 1. The van der Waals surface area contributed by atoms with Gasteiger partial charge in [-0.3, -0.25) is 13.9 Å². The Morgan fingerprint density at radius 3 is 2.49 bits per heavy atom. The summed E-state index contributed by atoms with van der Waals surface area (Å²) in [6, 6.07) is 17.4. The van der Waals surface area contributed by atoms with E-state index < -0.39 is 28.1 Å². The molecule has 0 bridgehead atoms. The van der Waals surface area contributed by atoms with Crippen molar-refractivity contribution in [1.29, 1.82) is 0 Å². The van der Waals surface area contributed by atoms with Gasteiger partial charge in [0.2, 0.25) is 0 Å². The average Bonchev–Trinajstić information content (AvgIpc) is 3.44. The van der Waals surface area contributed by atoms with Crippen LogP contribution in [0.4, 0.5) is 4.39 Å². The van der Waals surface area contributed by atoms with Crippen molar-refractivity contribution in [2.24, 2.45) is 0 Å². The quantitative estimate of drug-likeness (QED) is 0.158. The van der Waals surface area contributed by atoms with E-state index in [1.165, 1.54) is 10.6 Å². The smallest absolute Gasteiger partial charge is 0.333 e. The van der Waals surface area contributed by atoms with E-state index in [2.05, 4.69) is 14.7 Å². The van der Waals surface area contributed by atoms with Gasteiger partial charge in [0, 0.05) is 30.1 Å². The predicted octanol–water partition coefficient (Wildman–Crippen LogP) is 6.50. The predicted molar refractivity (Wildman–Crippen MR) is 178 cm³/mol. The summed E-state index contributed by atoms with van der Waals surface area (Å²) in [4.78, 5) is 35.2. The Labute approximate surface area is 272 Å². The summed E-state index contributed by atoms with van der Waals surface area (Å²) in [5.74, 6) is 0.128. The molecule has 3 aromatic carbocycles. The monoisotopic (exact) mass is 669 g/mol. The lowest BCUT2D eigenvalue weighted by molar-refractivity contribution is 0.553. The van der Waals surface area contributed by atoms with E-state index in [4.69, 9.17) is 23.2 Å². The first kappa shape index (κ1) is 32.8. The zero-order valence-corrected chi connectivity index (χ0v) is 27.5. The summed E-state index contributed by atoms with van der Waals surface area (Å²) in [6.07, 6.45) is 1.99. The molecule has 5 aromatic rings. The molecule has 0 aliphatic carbocycles. The first-order valence-electron chi connectivity index (χ1n) is 14.7. The van der Waals surface area contributed by atoms with Crippen LogP contribution in [0.2, 0.25) is 10.0 Å². The lowest BCUT2D eigenvalue weighted by atomic mass is 9.99.